The highest BCUT2D eigenvalue weighted by atomic mass is 16.8. The molecular formula is C97H169N5O47. The highest BCUT2D eigenvalue weighted by Crippen LogP contribution is 2.45. The molecule has 0 aromatic carbocycles. The topological polar surface area (TPSA) is 832 Å². The van der Waals surface area contributed by atoms with Crippen LogP contribution in [0.4, 0.5) is 0 Å². The maximum atomic E-state index is 14.6. The van der Waals surface area contributed by atoms with Crippen LogP contribution in [0.5, 0.6) is 0 Å². The van der Waals surface area contributed by atoms with Crippen LogP contribution in [0.3, 0.4) is 0 Å². The van der Waals surface area contributed by atoms with Crippen LogP contribution >= 0.6 is 0 Å². The van der Waals surface area contributed by atoms with Gasteiger partial charge in [0.25, 0.3) is 17.4 Å². The van der Waals surface area contributed by atoms with E-state index in [1.165, 1.54) is 96.0 Å². The quantitative estimate of drug-likeness (QED) is 0.0199. The average Bonchev–Trinajstić information content (AvgIpc) is 0.740. The molecule has 0 aliphatic carbocycles. The Morgan fingerprint density at radius 2 is 0.705 bits per heavy atom. The van der Waals surface area contributed by atoms with E-state index in [0.29, 0.717) is 12.8 Å². The number of nitrogens with one attached hydrogen (secondary N) is 5. The zero-order valence-electron chi connectivity index (χ0n) is 85.7. The lowest BCUT2D eigenvalue weighted by atomic mass is 9.87. The van der Waals surface area contributed by atoms with Gasteiger partial charge < -0.3 is 221 Å². The van der Waals surface area contributed by atoms with Gasteiger partial charge in [-0.3, -0.25) is 24.0 Å². The van der Waals surface area contributed by atoms with Gasteiger partial charge in [-0.2, -0.15) is 0 Å². The minimum absolute atomic E-state index is 0.0465. The van der Waals surface area contributed by atoms with Crippen LogP contribution in [0, 0.1) is 0 Å². The van der Waals surface area contributed by atoms with Crippen molar-refractivity contribution in [3.05, 3.63) is 12.2 Å². The zero-order valence-corrected chi connectivity index (χ0v) is 85.7. The van der Waals surface area contributed by atoms with Crippen molar-refractivity contribution < 1.29 is 232 Å². The Morgan fingerprint density at radius 3 is 1.11 bits per heavy atom. The zero-order chi connectivity index (χ0) is 110. The Labute approximate surface area is 865 Å². The molecule has 0 aromatic heterocycles. The number of unbranched alkanes of at least 4 members (excludes halogenated alkanes) is 27. The first kappa shape index (κ1) is 130. The third-order valence-electron chi connectivity index (χ3n) is 28.1. The minimum Gasteiger partial charge on any atom is -0.477 e. The Balaban J connectivity index is 1.25. The van der Waals surface area contributed by atoms with E-state index < -0.39 is 363 Å². The number of aliphatic carboxylic acids is 3. The lowest BCUT2D eigenvalue weighted by molar-refractivity contribution is -0.405. The number of aliphatic hydroxyl groups excluding tert-OH is 22. The van der Waals surface area contributed by atoms with Crippen LogP contribution in [-0.2, 0) is 105 Å². The second-order valence-corrected chi connectivity index (χ2v) is 39.9. The van der Waals surface area contributed by atoms with Crippen LogP contribution in [0.25, 0.3) is 0 Å². The van der Waals surface area contributed by atoms with Crippen LogP contribution in [-0.4, -0.2) is 472 Å². The molecular weight excluding hydrogens is 1990 g/mol. The molecule has 7 heterocycles. The van der Waals surface area contributed by atoms with Gasteiger partial charge in [-0.05, 0) is 19.3 Å². The third kappa shape index (κ3) is 37.1. The van der Waals surface area contributed by atoms with Gasteiger partial charge in [0.1, 0.15) is 153 Å². The Morgan fingerprint density at radius 1 is 0.362 bits per heavy atom. The van der Waals surface area contributed by atoms with Crippen molar-refractivity contribution in [1.82, 2.24) is 26.6 Å². The maximum absolute atomic E-state index is 14.6. The summed E-state index contributed by atoms with van der Waals surface area (Å²) in [4.78, 5) is 107. The maximum Gasteiger partial charge on any atom is 0.364 e. The Bertz CT molecular complexity index is 3960. The summed E-state index contributed by atoms with van der Waals surface area (Å²) in [7, 11) is 0. The van der Waals surface area contributed by atoms with Gasteiger partial charge in [0.15, 0.2) is 25.2 Å². The summed E-state index contributed by atoms with van der Waals surface area (Å²) in [5.41, 5.74) is 0. The smallest absolute Gasteiger partial charge is 0.364 e. The number of carbonyl (C=O) groups is 8. The molecule has 0 bridgehead atoms. The number of hydrogen-bond donors (Lipinski definition) is 30. The van der Waals surface area contributed by atoms with Crippen molar-refractivity contribution in [1.29, 1.82) is 0 Å². The second kappa shape index (κ2) is 64.7. The summed E-state index contributed by atoms with van der Waals surface area (Å²) in [6.45, 7) is -2.26. The van der Waals surface area contributed by atoms with Crippen LogP contribution in [0.15, 0.2) is 12.2 Å². The predicted molar refractivity (Wildman–Crippen MR) is 510 cm³/mol. The summed E-state index contributed by atoms with van der Waals surface area (Å²) >= 11 is 0. The van der Waals surface area contributed by atoms with Gasteiger partial charge in [0, 0.05) is 53.4 Å². The molecule has 40 atom stereocenters. The number of aliphatic hydroxyl groups is 22. The molecule has 52 nitrogen and oxygen atoms in total. The molecule has 864 valence electrons. The first-order valence-corrected chi connectivity index (χ1v) is 52.4. The van der Waals surface area contributed by atoms with Crippen LogP contribution in [0.2, 0.25) is 0 Å². The van der Waals surface area contributed by atoms with Crippen molar-refractivity contribution >= 4 is 47.4 Å². The first-order valence-electron chi connectivity index (χ1n) is 52.4. The summed E-state index contributed by atoms with van der Waals surface area (Å²) in [5.74, 6) is -22.1. The Kier molecular flexibility index (Phi) is 56.4. The molecule has 0 aromatic rings. The monoisotopic (exact) mass is 2160 g/mol. The molecule has 7 rings (SSSR count). The molecule has 7 aliphatic heterocycles. The molecule has 7 saturated heterocycles. The molecule has 5 amide bonds. The largest absolute Gasteiger partial charge is 0.477 e. The number of carbonyl (C=O) groups excluding carboxylic acids is 5. The number of carboxylic acids is 3. The standard InChI is InChI=1S/C97H169N5O47/c1-7-9-11-13-15-17-19-21-22-23-24-26-28-30-32-34-36-38-66(120)102-54(55(114)37-35-33-31-29-27-25-20-18-16-14-12-10-8-2)49-136-89-77(127)76(126)80(64(47-108)139-89)141-91-79(129)87(149-97(94(134)135)41-58(117)69(100-52(5)112)85(147-97)75(125)63(46-107)144-95(92(130)131)39-56(115)67(98-50(3)110)83(145-95)71(121)59(118)42-103)81(65(48-109)140-91)142-88-70(101-53(6)113)82(73(123)61(44-105)137-88)143-90-78(128)86(74(124)62(45-106)138-90)148-96(93(132)133)40-57(116)68(99-51(4)111)84(146-96)72(122)60(119)43-104/h35,37,54-65,67-91,103-109,114-119,121-129H,7-34,36,38-49H2,1-6H3,(H,98,110)(H,99,111)(H,100,112)(H,101,113)(H,102,120)(H,130,131)(H,132,133)(H,134,135)/b37-35+/t54-,55+,56?,57?,58?,59+,60+,61?,62?,63+,64?,65?,67+,68+,69+,70?,71+,72+,73-,74-,75+,76+,77?,78?,79?,80+,81-,82+,83?,84?,85?,86-,87+,88-,89+,90-,91-,95+,96-,97-/m0/s1. The lowest BCUT2D eigenvalue weighted by Crippen LogP contribution is -2.73. The van der Waals surface area contributed by atoms with Gasteiger partial charge in [0.2, 0.25) is 29.5 Å². The molecule has 0 radical (unpaired) electrons. The van der Waals surface area contributed by atoms with E-state index in [2.05, 4.69) is 40.4 Å². The normalized spacial score (nSPS) is 35.2. The predicted octanol–water partition coefficient (Wildman–Crippen LogP) is -5.91. The second-order valence-electron chi connectivity index (χ2n) is 39.9. The molecule has 30 N–H and O–H groups in total. The molecule has 7 fully saturated rings. The Hall–Kier alpha value is -5.94. The molecule has 14 unspecified atom stereocenters. The van der Waals surface area contributed by atoms with E-state index in [1.54, 1.807) is 6.08 Å². The fourth-order valence-corrected chi connectivity index (χ4v) is 19.9. The van der Waals surface area contributed by atoms with E-state index in [4.69, 9.17) is 66.3 Å². The summed E-state index contributed by atoms with van der Waals surface area (Å²) in [6, 6.07) is -9.38. The molecule has 0 spiro atoms. The average molecular weight is 2160 g/mol. The number of ether oxygens (including phenoxy) is 14. The van der Waals surface area contributed by atoms with E-state index in [0.717, 1.165) is 111 Å². The molecule has 52 heteroatoms. The van der Waals surface area contributed by atoms with Crippen LogP contribution < -0.4 is 26.6 Å². The summed E-state index contributed by atoms with van der Waals surface area (Å²) < 4.78 is 84.6. The lowest BCUT2D eigenvalue weighted by Gasteiger charge is -2.53. The fourth-order valence-electron chi connectivity index (χ4n) is 19.9. The van der Waals surface area contributed by atoms with E-state index in [1.807, 2.05) is 0 Å². The van der Waals surface area contributed by atoms with Crippen molar-refractivity contribution in [2.75, 3.05) is 52.9 Å². The van der Waals surface area contributed by atoms with Crippen LogP contribution in [0.1, 0.15) is 253 Å². The van der Waals surface area contributed by atoms with Gasteiger partial charge >= 0.3 is 17.9 Å². The molecule has 149 heavy (non-hydrogen) atoms. The fraction of sp³-hybridized carbons (Fsp3) is 0.897. The summed E-state index contributed by atoms with van der Waals surface area (Å²) in [6.07, 6.45) is -45.4. The highest BCUT2D eigenvalue weighted by molar-refractivity contribution is 5.79. The van der Waals surface area contributed by atoms with Gasteiger partial charge in [-0.1, -0.05) is 193 Å². The van der Waals surface area contributed by atoms with E-state index in [9.17, 15) is 166 Å². The number of hydrogen-bond acceptors (Lipinski definition) is 44. The SMILES string of the molecule is CCCCCCCCCCCCC/C=C/[C@@H](O)[C@H](CO[C@@H]1OC(CO)[C@@H](O[C@@H]2OC(CO)[C@H](O[C@@H]3OC(CO)[C@H](O)[C@H](O[C@@H]4OC(CO)[C@H](O)[C@H](O[C@]5(C(=O)O)CC(O)[C@@H](NC(C)=O)C([C@H](O)[C@H](O)CO)O5)C4O)C3NC(C)=O)[C@H](O[C@]3(C(=O)O)CC(O)[C@@H](NC(C)=O)C([C@H](O)[C@@H](CO)O[C@]4(C(=O)O)CC(O)[C@@H](NC(C)=O)C([C@H](O)[C@H](O)CO)O4)O3)C2O)[C@H](O)C1O)NC(=O)CCCCCCCCCCCCCCCCCCC. The van der Waals surface area contributed by atoms with E-state index in [-0.39, 0.29) is 6.42 Å². The highest BCUT2D eigenvalue weighted by Gasteiger charge is 2.66. The van der Waals surface area contributed by atoms with Crippen molar-refractivity contribution in [3.8, 4) is 0 Å². The number of allylic oxidation sites excluding steroid dienone is 1. The number of carboxylic acid groups (broad SMARTS) is 3. The number of rotatable bonds is 68. The van der Waals surface area contributed by atoms with Gasteiger partial charge in [-0.25, -0.2) is 14.4 Å². The van der Waals surface area contributed by atoms with E-state index >= 15 is 0 Å². The minimum atomic E-state index is -3.81. The van der Waals surface area contributed by atoms with Crippen molar-refractivity contribution in [2.45, 2.75) is 497 Å². The third-order valence-corrected chi connectivity index (χ3v) is 28.1. The van der Waals surface area contributed by atoms with Crippen molar-refractivity contribution in [3.63, 3.8) is 0 Å². The first-order chi connectivity index (χ1) is 70.9. The molecule has 0 saturated carbocycles. The summed E-state index contributed by atoms with van der Waals surface area (Å²) in [5, 5.41) is 299. The van der Waals surface area contributed by atoms with Gasteiger partial charge in [0.05, 0.1) is 101 Å². The van der Waals surface area contributed by atoms with Crippen molar-refractivity contribution in [2.24, 2.45) is 0 Å². The molecule has 7 aliphatic rings. The number of amides is 5. The van der Waals surface area contributed by atoms with Gasteiger partial charge in [-0.15, -0.1) is 0 Å².